The molecule has 0 heterocycles. The summed E-state index contributed by atoms with van der Waals surface area (Å²) in [5.41, 5.74) is -0.417. The molecule has 0 radical (unpaired) electrons. The van der Waals surface area contributed by atoms with Gasteiger partial charge in [-0.1, -0.05) is 27.2 Å². The van der Waals surface area contributed by atoms with E-state index >= 15 is 0 Å². The molecule has 1 nitrogen and oxygen atoms in total. The van der Waals surface area contributed by atoms with Gasteiger partial charge in [0.15, 0.2) is 0 Å². The van der Waals surface area contributed by atoms with Crippen molar-refractivity contribution in [1.29, 1.82) is 0 Å². The Kier molecular flexibility index (Phi) is 5.30. The summed E-state index contributed by atoms with van der Waals surface area (Å²) in [5, 5.41) is 0. The first-order chi connectivity index (χ1) is 7.04. The van der Waals surface area contributed by atoms with Crippen molar-refractivity contribution < 1.29 is 13.2 Å². The van der Waals surface area contributed by atoms with Gasteiger partial charge in [0.1, 0.15) is 6.04 Å². The van der Waals surface area contributed by atoms with Crippen LogP contribution in [0.4, 0.5) is 13.2 Å². The van der Waals surface area contributed by atoms with Gasteiger partial charge in [-0.15, -0.1) is 0 Å². The van der Waals surface area contributed by atoms with Crippen molar-refractivity contribution in [3.8, 4) is 0 Å². The van der Waals surface area contributed by atoms with Crippen molar-refractivity contribution in [2.45, 2.75) is 65.2 Å². The van der Waals surface area contributed by atoms with Crippen molar-refractivity contribution in [3.63, 3.8) is 0 Å². The SMILES string of the molecule is CCCC(C)(C)N(C)[C@@H](C(C)C)C(F)(F)F. The molecule has 0 aromatic rings. The van der Waals surface area contributed by atoms with Crippen LogP contribution in [0.3, 0.4) is 0 Å². The summed E-state index contributed by atoms with van der Waals surface area (Å²) in [6.07, 6.45) is -2.50. The Hall–Kier alpha value is -0.250. The van der Waals surface area contributed by atoms with Crippen molar-refractivity contribution in [2.24, 2.45) is 5.92 Å². The molecule has 0 N–H and O–H groups in total. The van der Waals surface area contributed by atoms with E-state index in [0.29, 0.717) is 0 Å². The Morgan fingerprint density at radius 3 is 1.81 bits per heavy atom. The number of hydrogen-bond acceptors (Lipinski definition) is 1. The molecule has 0 aliphatic rings. The van der Waals surface area contributed by atoms with Crippen LogP contribution in [0, 0.1) is 5.92 Å². The molecule has 1 atom stereocenters. The maximum absolute atomic E-state index is 13.0. The fourth-order valence-electron chi connectivity index (χ4n) is 2.21. The van der Waals surface area contributed by atoms with Crippen LogP contribution in [0.15, 0.2) is 0 Å². The molecule has 0 amide bonds. The van der Waals surface area contributed by atoms with E-state index in [9.17, 15) is 13.2 Å². The lowest BCUT2D eigenvalue weighted by Crippen LogP contribution is -2.55. The lowest BCUT2D eigenvalue weighted by atomic mass is 9.91. The summed E-state index contributed by atoms with van der Waals surface area (Å²) in [5.74, 6) is -0.430. The minimum atomic E-state index is -4.16. The van der Waals surface area contributed by atoms with E-state index in [4.69, 9.17) is 0 Å². The molecule has 0 saturated heterocycles. The van der Waals surface area contributed by atoms with Gasteiger partial charge in [0.25, 0.3) is 0 Å². The first-order valence-corrected chi connectivity index (χ1v) is 5.83. The molecule has 0 aromatic heterocycles. The zero-order valence-corrected chi connectivity index (χ0v) is 11.2. The quantitative estimate of drug-likeness (QED) is 0.698. The molecule has 0 bridgehead atoms. The predicted molar refractivity (Wildman–Crippen MR) is 61.4 cm³/mol. The van der Waals surface area contributed by atoms with Gasteiger partial charge < -0.3 is 0 Å². The highest BCUT2D eigenvalue weighted by molar-refractivity contribution is 4.89. The third-order valence-corrected chi connectivity index (χ3v) is 3.20. The predicted octanol–water partition coefficient (Wildman–Crippen LogP) is 4.08. The van der Waals surface area contributed by atoms with Gasteiger partial charge in [0, 0.05) is 5.54 Å². The number of alkyl halides is 3. The highest BCUT2D eigenvalue weighted by atomic mass is 19.4. The maximum Gasteiger partial charge on any atom is 0.404 e. The van der Waals surface area contributed by atoms with Gasteiger partial charge in [-0.3, -0.25) is 4.90 Å². The number of halogens is 3. The molecular formula is C12H24F3N. The minimum absolute atomic E-state index is 0.417. The van der Waals surface area contributed by atoms with Crippen LogP contribution in [0.2, 0.25) is 0 Å². The fraction of sp³-hybridized carbons (Fsp3) is 1.00. The summed E-state index contributed by atoms with van der Waals surface area (Å²) in [6.45, 7) is 8.98. The first-order valence-electron chi connectivity index (χ1n) is 5.83. The Morgan fingerprint density at radius 1 is 1.12 bits per heavy atom. The Balaban J connectivity index is 4.95. The molecule has 98 valence electrons. The van der Waals surface area contributed by atoms with Crippen molar-refractivity contribution >= 4 is 0 Å². The second-order valence-electron chi connectivity index (χ2n) is 5.40. The number of rotatable bonds is 5. The standard InChI is InChI=1S/C12H24F3N/c1-7-8-11(4,5)16(6)10(9(2)3)12(13,14)15/h9-10H,7-8H2,1-6H3/t10-/m0/s1. The highest BCUT2D eigenvalue weighted by Crippen LogP contribution is 2.34. The Labute approximate surface area is 97.0 Å². The van der Waals surface area contributed by atoms with Crippen LogP contribution in [0.5, 0.6) is 0 Å². The molecule has 0 fully saturated rings. The van der Waals surface area contributed by atoms with Gasteiger partial charge in [-0.2, -0.15) is 13.2 Å². The average Bonchev–Trinajstić information content (AvgIpc) is 1.99. The molecule has 0 saturated carbocycles. The van der Waals surface area contributed by atoms with Crippen LogP contribution in [0.25, 0.3) is 0 Å². The van der Waals surface area contributed by atoms with E-state index in [-0.39, 0.29) is 0 Å². The number of nitrogens with zero attached hydrogens (tertiary/aromatic N) is 1. The summed E-state index contributed by atoms with van der Waals surface area (Å²) in [6, 6.07) is -1.37. The third kappa shape index (κ3) is 3.96. The summed E-state index contributed by atoms with van der Waals surface area (Å²) in [4.78, 5) is 1.47. The largest absolute Gasteiger partial charge is 0.404 e. The average molecular weight is 239 g/mol. The molecule has 0 aromatic carbocycles. The van der Waals surface area contributed by atoms with E-state index in [1.807, 2.05) is 20.8 Å². The third-order valence-electron chi connectivity index (χ3n) is 3.20. The van der Waals surface area contributed by atoms with Gasteiger partial charge in [0.05, 0.1) is 0 Å². The lowest BCUT2D eigenvalue weighted by molar-refractivity contribution is -0.204. The number of hydrogen-bond donors (Lipinski definition) is 0. The van der Waals surface area contributed by atoms with E-state index in [2.05, 4.69) is 0 Å². The summed E-state index contributed by atoms with van der Waals surface area (Å²) >= 11 is 0. The Morgan fingerprint density at radius 2 is 1.56 bits per heavy atom. The molecule has 0 rings (SSSR count). The molecular weight excluding hydrogens is 215 g/mol. The second-order valence-corrected chi connectivity index (χ2v) is 5.40. The van der Waals surface area contributed by atoms with Crippen LogP contribution < -0.4 is 0 Å². The highest BCUT2D eigenvalue weighted by Gasteiger charge is 2.47. The minimum Gasteiger partial charge on any atom is -0.290 e. The van der Waals surface area contributed by atoms with E-state index in [1.165, 1.54) is 4.90 Å². The van der Waals surface area contributed by atoms with Crippen molar-refractivity contribution in [3.05, 3.63) is 0 Å². The van der Waals surface area contributed by atoms with Crippen LogP contribution >= 0.6 is 0 Å². The first kappa shape index (κ1) is 15.8. The smallest absolute Gasteiger partial charge is 0.290 e. The van der Waals surface area contributed by atoms with Crippen molar-refractivity contribution in [1.82, 2.24) is 4.90 Å². The molecule has 0 aliphatic carbocycles. The van der Waals surface area contributed by atoms with Gasteiger partial charge in [-0.25, -0.2) is 0 Å². The monoisotopic (exact) mass is 239 g/mol. The molecule has 0 aliphatic heterocycles. The maximum atomic E-state index is 13.0. The van der Waals surface area contributed by atoms with E-state index < -0.39 is 23.7 Å². The molecule has 16 heavy (non-hydrogen) atoms. The van der Waals surface area contributed by atoms with Crippen LogP contribution in [-0.2, 0) is 0 Å². The second kappa shape index (κ2) is 5.39. The molecule has 0 unspecified atom stereocenters. The molecule has 0 spiro atoms. The van der Waals surface area contributed by atoms with Crippen LogP contribution in [0.1, 0.15) is 47.5 Å². The van der Waals surface area contributed by atoms with Gasteiger partial charge in [-0.05, 0) is 33.2 Å². The van der Waals surface area contributed by atoms with Gasteiger partial charge in [0.2, 0.25) is 0 Å². The van der Waals surface area contributed by atoms with E-state index in [1.54, 1.807) is 20.9 Å². The fourth-order valence-corrected chi connectivity index (χ4v) is 2.21. The zero-order valence-electron chi connectivity index (χ0n) is 11.2. The topological polar surface area (TPSA) is 3.24 Å². The summed E-state index contributed by atoms with van der Waals surface area (Å²) in [7, 11) is 1.58. The summed E-state index contributed by atoms with van der Waals surface area (Å²) < 4.78 is 38.9. The van der Waals surface area contributed by atoms with Crippen molar-refractivity contribution in [2.75, 3.05) is 7.05 Å². The lowest BCUT2D eigenvalue weighted by Gasteiger charge is -2.43. The van der Waals surface area contributed by atoms with E-state index in [0.717, 1.165) is 12.8 Å². The normalized spacial score (nSPS) is 15.9. The van der Waals surface area contributed by atoms with Gasteiger partial charge >= 0.3 is 6.18 Å². The molecule has 4 heteroatoms. The van der Waals surface area contributed by atoms with Crippen LogP contribution in [-0.4, -0.2) is 29.7 Å². The Bertz CT molecular complexity index is 209. The zero-order chi connectivity index (χ0) is 13.1.